The van der Waals surface area contributed by atoms with Gasteiger partial charge in [-0.15, -0.1) is 0 Å². The average molecular weight is 297 g/mol. The van der Waals surface area contributed by atoms with E-state index >= 15 is 0 Å². The van der Waals surface area contributed by atoms with Crippen LogP contribution in [0.1, 0.15) is 19.4 Å². The molecule has 0 aliphatic heterocycles. The Bertz CT molecular complexity index is 424. The van der Waals surface area contributed by atoms with Crippen LogP contribution in [-0.4, -0.2) is 31.3 Å². The Morgan fingerprint density at radius 1 is 1.37 bits per heavy atom. The molecule has 1 aromatic rings. The second-order valence-electron chi connectivity index (χ2n) is 4.38. The lowest BCUT2D eigenvalue weighted by Gasteiger charge is -2.20. The minimum absolute atomic E-state index is 0.0754. The summed E-state index contributed by atoms with van der Waals surface area (Å²) in [5, 5.41) is -0.179. The first-order valence-corrected chi connectivity index (χ1v) is 6.15. The Hall–Kier alpha value is -1.01. The molecule has 0 aromatic carbocycles. The lowest BCUT2D eigenvalue weighted by atomic mass is 10.2. The number of hydrogen-bond donors (Lipinski definition) is 0. The van der Waals surface area contributed by atoms with Crippen LogP contribution in [0.2, 0.25) is 5.15 Å². The Morgan fingerprint density at radius 2 is 2.00 bits per heavy atom. The Labute approximate surface area is 115 Å². The van der Waals surface area contributed by atoms with E-state index in [1.165, 1.54) is 0 Å². The summed E-state index contributed by atoms with van der Waals surface area (Å²) in [6, 6.07) is 1.78. The van der Waals surface area contributed by atoms with Gasteiger partial charge in [-0.05, 0) is 26.0 Å². The van der Waals surface area contributed by atoms with E-state index in [0.29, 0.717) is 13.2 Å². The van der Waals surface area contributed by atoms with Crippen LogP contribution in [0, 0.1) is 0 Å². The maximum atomic E-state index is 12.6. The van der Waals surface area contributed by atoms with Crippen molar-refractivity contribution >= 4 is 17.4 Å². The highest BCUT2D eigenvalue weighted by Gasteiger charge is 2.31. The van der Waals surface area contributed by atoms with Crippen molar-refractivity contribution < 1.29 is 17.9 Å². The first kappa shape index (κ1) is 16.0. The van der Waals surface area contributed by atoms with Crippen LogP contribution in [-0.2, 0) is 10.9 Å². The highest BCUT2D eigenvalue weighted by molar-refractivity contribution is 6.29. The first-order chi connectivity index (χ1) is 8.70. The maximum absolute atomic E-state index is 12.6. The third-order valence-corrected chi connectivity index (χ3v) is 2.57. The minimum atomic E-state index is -4.43. The molecule has 0 aliphatic rings. The fraction of sp³-hybridized carbons (Fsp3) is 0.583. The molecule has 0 N–H and O–H groups in total. The SMILES string of the molecule is CC(C)OCCN(C)c1cc(C(F)(F)F)cc(Cl)n1. The Morgan fingerprint density at radius 3 is 2.53 bits per heavy atom. The zero-order valence-corrected chi connectivity index (χ0v) is 11.7. The van der Waals surface area contributed by atoms with Crippen LogP contribution < -0.4 is 4.90 Å². The molecule has 3 nitrogen and oxygen atoms in total. The highest BCUT2D eigenvalue weighted by atomic mass is 35.5. The summed E-state index contributed by atoms with van der Waals surface area (Å²) in [5.74, 6) is 0.173. The fourth-order valence-corrected chi connectivity index (χ4v) is 1.59. The molecule has 0 unspecified atom stereocenters. The van der Waals surface area contributed by atoms with Crippen molar-refractivity contribution in [3.05, 3.63) is 22.8 Å². The lowest BCUT2D eigenvalue weighted by molar-refractivity contribution is -0.137. The summed E-state index contributed by atoms with van der Waals surface area (Å²) < 4.78 is 43.3. The quantitative estimate of drug-likeness (QED) is 0.776. The summed E-state index contributed by atoms with van der Waals surface area (Å²) in [6.45, 7) is 4.62. The predicted octanol–water partition coefficient (Wildman–Crippen LogP) is 3.62. The van der Waals surface area contributed by atoms with Crippen molar-refractivity contribution in [1.82, 2.24) is 4.98 Å². The molecule has 108 valence electrons. The monoisotopic (exact) mass is 296 g/mol. The van der Waals surface area contributed by atoms with E-state index in [1.54, 1.807) is 11.9 Å². The van der Waals surface area contributed by atoms with Gasteiger partial charge < -0.3 is 9.64 Å². The zero-order valence-electron chi connectivity index (χ0n) is 11.0. The van der Waals surface area contributed by atoms with Crippen LogP contribution in [0.4, 0.5) is 19.0 Å². The average Bonchev–Trinajstić information content (AvgIpc) is 2.26. The van der Waals surface area contributed by atoms with Gasteiger partial charge in [-0.3, -0.25) is 0 Å². The van der Waals surface area contributed by atoms with Gasteiger partial charge in [-0.2, -0.15) is 13.2 Å². The van der Waals surface area contributed by atoms with Gasteiger partial charge >= 0.3 is 6.18 Å². The van der Waals surface area contributed by atoms with Gasteiger partial charge in [0, 0.05) is 13.6 Å². The number of hydrogen-bond acceptors (Lipinski definition) is 3. The summed E-state index contributed by atoms with van der Waals surface area (Å²) in [7, 11) is 1.64. The molecule has 0 spiro atoms. The second kappa shape index (κ2) is 6.43. The van der Waals surface area contributed by atoms with Crippen molar-refractivity contribution in [2.45, 2.75) is 26.1 Å². The van der Waals surface area contributed by atoms with Gasteiger partial charge in [0.05, 0.1) is 18.3 Å². The van der Waals surface area contributed by atoms with E-state index in [0.717, 1.165) is 12.1 Å². The molecule has 0 aliphatic carbocycles. The number of halogens is 4. The summed E-state index contributed by atoms with van der Waals surface area (Å²) in [5.41, 5.74) is -0.806. The summed E-state index contributed by atoms with van der Waals surface area (Å²) in [6.07, 6.45) is -4.36. The van der Waals surface area contributed by atoms with Crippen LogP contribution in [0.5, 0.6) is 0 Å². The number of nitrogens with zero attached hydrogens (tertiary/aromatic N) is 2. The Balaban J connectivity index is 2.79. The van der Waals surface area contributed by atoms with Gasteiger partial charge in [0.15, 0.2) is 0 Å². The maximum Gasteiger partial charge on any atom is 0.416 e. The summed E-state index contributed by atoms with van der Waals surface area (Å²) in [4.78, 5) is 5.45. The number of aromatic nitrogens is 1. The largest absolute Gasteiger partial charge is 0.416 e. The van der Waals surface area contributed by atoms with E-state index in [-0.39, 0.29) is 17.1 Å². The number of rotatable bonds is 5. The third-order valence-electron chi connectivity index (χ3n) is 2.38. The standard InChI is InChI=1S/C12H16ClF3N2O/c1-8(2)19-5-4-18(3)11-7-9(12(14,15)16)6-10(13)17-11/h6-8H,4-5H2,1-3H3. The van der Waals surface area contributed by atoms with E-state index in [1.807, 2.05) is 13.8 Å². The minimum Gasteiger partial charge on any atom is -0.377 e. The number of anilines is 1. The van der Waals surface area contributed by atoms with Gasteiger partial charge in [0.2, 0.25) is 0 Å². The lowest BCUT2D eigenvalue weighted by Crippen LogP contribution is -2.25. The number of ether oxygens (including phenoxy) is 1. The molecule has 7 heteroatoms. The van der Waals surface area contributed by atoms with E-state index < -0.39 is 11.7 Å². The van der Waals surface area contributed by atoms with Crippen LogP contribution in [0.15, 0.2) is 12.1 Å². The fourth-order valence-electron chi connectivity index (χ4n) is 1.38. The van der Waals surface area contributed by atoms with Gasteiger partial charge in [0.1, 0.15) is 11.0 Å². The molecule has 0 fully saturated rings. The van der Waals surface area contributed by atoms with Crippen molar-refractivity contribution in [1.29, 1.82) is 0 Å². The van der Waals surface area contributed by atoms with Gasteiger partial charge in [-0.1, -0.05) is 11.6 Å². The highest BCUT2D eigenvalue weighted by Crippen LogP contribution is 2.32. The molecule has 0 radical (unpaired) electrons. The van der Waals surface area contributed by atoms with Gasteiger partial charge in [-0.25, -0.2) is 4.98 Å². The number of likely N-dealkylation sites (N-methyl/N-ethyl adjacent to an activating group) is 1. The smallest absolute Gasteiger partial charge is 0.377 e. The van der Waals surface area contributed by atoms with Crippen LogP contribution >= 0.6 is 11.6 Å². The number of pyridine rings is 1. The van der Waals surface area contributed by atoms with E-state index in [4.69, 9.17) is 16.3 Å². The molecule has 0 bridgehead atoms. The molecule has 0 amide bonds. The normalized spacial score (nSPS) is 12.0. The molecular weight excluding hydrogens is 281 g/mol. The van der Waals surface area contributed by atoms with Crippen LogP contribution in [0.25, 0.3) is 0 Å². The number of alkyl halides is 3. The summed E-state index contributed by atoms with van der Waals surface area (Å²) >= 11 is 5.62. The first-order valence-electron chi connectivity index (χ1n) is 5.77. The third kappa shape index (κ3) is 5.24. The molecule has 0 atom stereocenters. The van der Waals surface area contributed by atoms with Crippen molar-refractivity contribution in [2.75, 3.05) is 25.1 Å². The zero-order chi connectivity index (χ0) is 14.6. The van der Waals surface area contributed by atoms with E-state index in [9.17, 15) is 13.2 Å². The molecule has 0 saturated heterocycles. The second-order valence-corrected chi connectivity index (χ2v) is 4.76. The molecule has 1 rings (SSSR count). The van der Waals surface area contributed by atoms with Crippen molar-refractivity contribution in [3.63, 3.8) is 0 Å². The van der Waals surface area contributed by atoms with Gasteiger partial charge in [0.25, 0.3) is 0 Å². The molecule has 1 heterocycles. The topological polar surface area (TPSA) is 25.4 Å². The Kier molecular flexibility index (Phi) is 5.43. The predicted molar refractivity (Wildman–Crippen MR) is 68.6 cm³/mol. The van der Waals surface area contributed by atoms with Crippen molar-refractivity contribution in [2.24, 2.45) is 0 Å². The molecule has 0 saturated carbocycles. The molecular formula is C12H16ClF3N2O. The van der Waals surface area contributed by atoms with E-state index in [2.05, 4.69) is 4.98 Å². The molecule has 19 heavy (non-hydrogen) atoms. The molecule has 1 aromatic heterocycles. The van der Waals surface area contributed by atoms with Crippen molar-refractivity contribution in [3.8, 4) is 0 Å². The van der Waals surface area contributed by atoms with Crippen LogP contribution in [0.3, 0.4) is 0 Å².